The zero-order chi connectivity index (χ0) is 13.8. The third kappa shape index (κ3) is 3.12. The van der Waals surface area contributed by atoms with Crippen molar-refractivity contribution in [3.05, 3.63) is 47.8 Å². The molecule has 1 aliphatic heterocycles. The molecule has 2 N–H and O–H groups in total. The van der Waals surface area contributed by atoms with E-state index in [0.717, 1.165) is 42.7 Å². The van der Waals surface area contributed by atoms with Crippen LogP contribution >= 0.6 is 0 Å². The van der Waals surface area contributed by atoms with Gasteiger partial charge in [0.2, 0.25) is 0 Å². The molecule has 104 valence electrons. The van der Waals surface area contributed by atoms with Crippen LogP contribution in [0, 0.1) is 6.92 Å². The van der Waals surface area contributed by atoms with E-state index in [1.807, 2.05) is 43.3 Å². The van der Waals surface area contributed by atoms with Crippen LogP contribution in [0.1, 0.15) is 17.5 Å². The number of nitrogens with one attached hydrogen (secondary N) is 2. The highest BCUT2D eigenvalue weighted by Gasteiger charge is 2.17. The fourth-order valence-electron chi connectivity index (χ4n) is 2.20. The zero-order valence-corrected chi connectivity index (χ0v) is 11.5. The summed E-state index contributed by atoms with van der Waals surface area (Å²) in [5.41, 5.74) is 1.92. The number of morpholine rings is 1. The van der Waals surface area contributed by atoms with Crippen LogP contribution in [-0.4, -0.2) is 29.7 Å². The molecule has 2 aromatic heterocycles. The average Bonchev–Trinajstić information content (AvgIpc) is 2.48. The number of aromatic nitrogens is 2. The van der Waals surface area contributed by atoms with Gasteiger partial charge in [0.15, 0.2) is 0 Å². The van der Waals surface area contributed by atoms with Gasteiger partial charge in [0, 0.05) is 18.8 Å². The molecule has 1 saturated heterocycles. The van der Waals surface area contributed by atoms with Gasteiger partial charge in [0.25, 0.3) is 0 Å². The number of hydrogen-bond donors (Lipinski definition) is 2. The van der Waals surface area contributed by atoms with Gasteiger partial charge in [-0.2, -0.15) is 0 Å². The van der Waals surface area contributed by atoms with Crippen LogP contribution in [0.15, 0.2) is 36.4 Å². The molecular weight excluding hydrogens is 252 g/mol. The minimum absolute atomic E-state index is 0.0240. The van der Waals surface area contributed by atoms with Crippen LogP contribution in [0.5, 0.6) is 0 Å². The lowest BCUT2D eigenvalue weighted by Crippen LogP contribution is -2.33. The maximum absolute atomic E-state index is 5.72. The number of pyridine rings is 2. The standard InChI is InChI=1S/C15H18N4O/c1-11-4-2-6-14(17-11)19-15-7-3-5-12(18-15)13-10-16-8-9-20-13/h2-7,13,16H,8-10H2,1H3,(H,17,18,19)/t13-/m0/s1. The molecule has 0 saturated carbocycles. The van der Waals surface area contributed by atoms with Crippen LogP contribution in [0.4, 0.5) is 11.6 Å². The lowest BCUT2D eigenvalue weighted by molar-refractivity contribution is 0.0251. The van der Waals surface area contributed by atoms with Crippen molar-refractivity contribution >= 4 is 11.6 Å². The van der Waals surface area contributed by atoms with E-state index in [4.69, 9.17) is 4.74 Å². The molecular formula is C15H18N4O. The fraction of sp³-hybridized carbons (Fsp3) is 0.333. The van der Waals surface area contributed by atoms with Gasteiger partial charge in [0.05, 0.1) is 12.3 Å². The summed E-state index contributed by atoms with van der Waals surface area (Å²) >= 11 is 0. The Morgan fingerprint density at radius 1 is 1.15 bits per heavy atom. The number of nitrogens with zero attached hydrogens (tertiary/aromatic N) is 2. The summed E-state index contributed by atoms with van der Waals surface area (Å²) in [6, 6.07) is 11.8. The molecule has 1 fully saturated rings. The largest absolute Gasteiger partial charge is 0.369 e. The van der Waals surface area contributed by atoms with E-state index in [0.29, 0.717) is 0 Å². The lowest BCUT2D eigenvalue weighted by atomic mass is 10.2. The van der Waals surface area contributed by atoms with Crippen molar-refractivity contribution in [3.63, 3.8) is 0 Å². The SMILES string of the molecule is Cc1cccc(Nc2cccc([C@@H]3CNCCO3)n2)n1. The third-order valence-corrected chi connectivity index (χ3v) is 3.17. The summed E-state index contributed by atoms with van der Waals surface area (Å²) in [6.45, 7) is 4.40. The highest BCUT2D eigenvalue weighted by atomic mass is 16.5. The predicted octanol–water partition coefficient (Wildman–Crippen LogP) is 2.19. The first-order chi connectivity index (χ1) is 9.81. The molecule has 3 rings (SSSR count). The smallest absolute Gasteiger partial charge is 0.131 e. The minimum atomic E-state index is 0.0240. The molecule has 3 heterocycles. The van der Waals surface area contributed by atoms with Crippen molar-refractivity contribution in [3.8, 4) is 0 Å². The summed E-state index contributed by atoms with van der Waals surface area (Å²) in [7, 11) is 0. The normalized spacial score (nSPS) is 18.8. The Hall–Kier alpha value is -1.98. The zero-order valence-electron chi connectivity index (χ0n) is 11.5. The van der Waals surface area contributed by atoms with Crippen LogP contribution < -0.4 is 10.6 Å². The van der Waals surface area contributed by atoms with Gasteiger partial charge in [-0.1, -0.05) is 12.1 Å². The molecule has 0 aromatic carbocycles. The van der Waals surface area contributed by atoms with Gasteiger partial charge in [-0.05, 0) is 31.2 Å². The second kappa shape index (κ2) is 5.98. The molecule has 0 amide bonds. The first-order valence-corrected chi connectivity index (χ1v) is 6.81. The van der Waals surface area contributed by atoms with Gasteiger partial charge < -0.3 is 15.4 Å². The Morgan fingerprint density at radius 2 is 1.95 bits per heavy atom. The van der Waals surface area contributed by atoms with Crippen molar-refractivity contribution in [2.45, 2.75) is 13.0 Å². The Labute approximate surface area is 118 Å². The molecule has 0 radical (unpaired) electrons. The van der Waals surface area contributed by atoms with Crippen LogP contribution in [0.25, 0.3) is 0 Å². The molecule has 5 nitrogen and oxygen atoms in total. The molecule has 1 atom stereocenters. The van der Waals surface area contributed by atoms with E-state index in [2.05, 4.69) is 20.6 Å². The topological polar surface area (TPSA) is 59.1 Å². The Bertz CT molecular complexity index is 582. The van der Waals surface area contributed by atoms with E-state index < -0.39 is 0 Å². The maximum Gasteiger partial charge on any atom is 0.131 e. The fourth-order valence-corrected chi connectivity index (χ4v) is 2.20. The molecule has 20 heavy (non-hydrogen) atoms. The van der Waals surface area contributed by atoms with Crippen LogP contribution in [0.3, 0.4) is 0 Å². The average molecular weight is 270 g/mol. The summed E-state index contributed by atoms with van der Waals surface area (Å²) in [6.07, 6.45) is 0.0240. The molecule has 5 heteroatoms. The van der Waals surface area contributed by atoms with Gasteiger partial charge in [-0.15, -0.1) is 0 Å². The summed E-state index contributed by atoms with van der Waals surface area (Å²) in [4.78, 5) is 9.02. The minimum Gasteiger partial charge on any atom is -0.369 e. The Morgan fingerprint density at radius 3 is 2.70 bits per heavy atom. The second-order valence-corrected chi connectivity index (χ2v) is 4.80. The van der Waals surface area contributed by atoms with E-state index in [9.17, 15) is 0 Å². The Kier molecular flexibility index (Phi) is 3.90. The van der Waals surface area contributed by atoms with Crippen LogP contribution in [0.2, 0.25) is 0 Å². The summed E-state index contributed by atoms with van der Waals surface area (Å²) < 4.78 is 5.72. The van der Waals surface area contributed by atoms with Gasteiger partial charge in [-0.25, -0.2) is 9.97 Å². The van der Waals surface area contributed by atoms with Gasteiger partial charge in [0.1, 0.15) is 17.7 Å². The number of anilines is 2. The van der Waals surface area contributed by atoms with Crippen molar-refractivity contribution < 1.29 is 4.74 Å². The van der Waals surface area contributed by atoms with E-state index in [-0.39, 0.29) is 6.10 Å². The molecule has 0 bridgehead atoms. The van der Waals surface area contributed by atoms with Gasteiger partial charge >= 0.3 is 0 Å². The van der Waals surface area contributed by atoms with E-state index in [1.165, 1.54) is 0 Å². The molecule has 0 unspecified atom stereocenters. The molecule has 0 aliphatic carbocycles. The first kappa shape index (κ1) is 13.0. The van der Waals surface area contributed by atoms with Crippen molar-refractivity contribution in [2.75, 3.05) is 25.0 Å². The Balaban J connectivity index is 1.77. The summed E-state index contributed by atoms with van der Waals surface area (Å²) in [5.74, 6) is 1.59. The number of aryl methyl sites for hydroxylation is 1. The highest BCUT2D eigenvalue weighted by molar-refractivity contribution is 5.51. The van der Waals surface area contributed by atoms with Crippen molar-refractivity contribution in [2.24, 2.45) is 0 Å². The third-order valence-electron chi connectivity index (χ3n) is 3.17. The van der Waals surface area contributed by atoms with E-state index in [1.54, 1.807) is 0 Å². The molecule has 0 spiro atoms. The highest BCUT2D eigenvalue weighted by Crippen LogP contribution is 2.19. The van der Waals surface area contributed by atoms with E-state index >= 15 is 0 Å². The number of rotatable bonds is 3. The number of ether oxygens (including phenoxy) is 1. The first-order valence-electron chi connectivity index (χ1n) is 6.81. The van der Waals surface area contributed by atoms with Crippen molar-refractivity contribution in [1.82, 2.24) is 15.3 Å². The molecule has 2 aromatic rings. The second-order valence-electron chi connectivity index (χ2n) is 4.80. The quantitative estimate of drug-likeness (QED) is 0.895. The lowest BCUT2D eigenvalue weighted by Gasteiger charge is -2.23. The number of hydrogen-bond acceptors (Lipinski definition) is 5. The maximum atomic E-state index is 5.72. The van der Waals surface area contributed by atoms with Gasteiger partial charge in [-0.3, -0.25) is 0 Å². The van der Waals surface area contributed by atoms with Crippen molar-refractivity contribution in [1.29, 1.82) is 0 Å². The monoisotopic (exact) mass is 270 g/mol. The summed E-state index contributed by atoms with van der Waals surface area (Å²) in [5, 5.41) is 6.54. The molecule has 1 aliphatic rings. The van der Waals surface area contributed by atoms with Crippen LogP contribution in [-0.2, 0) is 4.74 Å². The predicted molar refractivity (Wildman–Crippen MR) is 78.1 cm³/mol.